The van der Waals surface area contributed by atoms with E-state index in [2.05, 4.69) is 31.3 Å². The van der Waals surface area contributed by atoms with Crippen molar-refractivity contribution >= 4 is 23.2 Å². The second kappa shape index (κ2) is 16.5. The van der Waals surface area contributed by atoms with Gasteiger partial charge in [0.1, 0.15) is 0 Å². The summed E-state index contributed by atoms with van der Waals surface area (Å²) in [6, 6.07) is 22.1. The number of hydrogen-bond donors (Lipinski definition) is 3. The van der Waals surface area contributed by atoms with Crippen LogP contribution < -0.4 is 5.32 Å². The van der Waals surface area contributed by atoms with Gasteiger partial charge in [-0.1, -0.05) is 67.1 Å². The molecule has 7 rings (SSSR count). The highest BCUT2D eigenvalue weighted by Crippen LogP contribution is 2.59. The average molecular weight is 741 g/mol. The molecule has 0 spiro atoms. The third-order valence-corrected chi connectivity index (χ3v) is 12.6. The van der Waals surface area contributed by atoms with Crippen molar-refractivity contribution in [3.05, 3.63) is 140 Å². The molecule has 3 N–H and O–H groups in total. The number of thiophene rings is 1. The summed E-state index contributed by atoms with van der Waals surface area (Å²) in [5, 5.41) is 29.1. The predicted molar refractivity (Wildman–Crippen MR) is 206 cm³/mol. The fourth-order valence-electron chi connectivity index (χ4n) is 8.36. The number of carbonyl (C=O) groups is 2. The number of aliphatic hydroxyl groups is 2. The van der Waals surface area contributed by atoms with Gasteiger partial charge in [0.2, 0.25) is 0 Å². The van der Waals surface area contributed by atoms with E-state index in [1.807, 2.05) is 60.8 Å². The van der Waals surface area contributed by atoms with Crippen molar-refractivity contribution in [1.82, 2.24) is 10.2 Å². The fourth-order valence-corrected chi connectivity index (χ4v) is 9.06. The second-order valence-corrected chi connectivity index (χ2v) is 16.3. The molecule has 3 aromatic carbocycles. The van der Waals surface area contributed by atoms with Crippen molar-refractivity contribution in [2.45, 2.75) is 95.8 Å². The Morgan fingerprint density at radius 1 is 1.00 bits per heavy atom. The van der Waals surface area contributed by atoms with Crippen LogP contribution in [-0.4, -0.2) is 51.7 Å². The summed E-state index contributed by atoms with van der Waals surface area (Å²) in [6.07, 6.45) is 5.99. The maximum atomic E-state index is 14.4. The molecule has 0 saturated heterocycles. The van der Waals surface area contributed by atoms with Crippen LogP contribution in [0.1, 0.15) is 109 Å². The smallest absolute Gasteiger partial charge is 0.317 e. The number of halogens is 2. The van der Waals surface area contributed by atoms with E-state index in [4.69, 9.17) is 0 Å². The van der Waals surface area contributed by atoms with Crippen molar-refractivity contribution in [2.24, 2.45) is 5.41 Å². The molecular weight excluding hydrogens is 691 g/mol. The number of nitrogens with zero attached hydrogens (tertiary/aromatic N) is 1. The van der Waals surface area contributed by atoms with Gasteiger partial charge in [0, 0.05) is 28.0 Å². The van der Waals surface area contributed by atoms with Gasteiger partial charge in [-0.25, -0.2) is 13.6 Å². The van der Waals surface area contributed by atoms with Crippen molar-refractivity contribution < 1.29 is 28.6 Å². The monoisotopic (exact) mass is 740 g/mol. The Kier molecular flexibility index (Phi) is 12.0. The van der Waals surface area contributed by atoms with Gasteiger partial charge in [-0.2, -0.15) is 0 Å². The average Bonchev–Trinajstić information content (AvgIpc) is 3.76. The molecule has 6 nitrogen and oxygen atoms in total. The number of rotatable bonds is 9. The highest BCUT2D eigenvalue weighted by Gasteiger charge is 2.57. The Hall–Kier alpha value is -4.18. The third kappa shape index (κ3) is 8.64. The van der Waals surface area contributed by atoms with E-state index >= 15 is 0 Å². The van der Waals surface area contributed by atoms with Gasteiger partial charge >= 0.3 is 6.03 Å². The lowest BCUT2D eigenvalue weighted by molar-refractivity contribution is -0.0769. The molecule has 1 saturated carbocycles. The Bertz CT molecular complexity index is 1930. The number of nitrogens with one attached hydrogen (secondary N) is 1. The van der Waals surface area contributed by atoms with Crippen LogP contribution in [0.3, 0.4) is 0 Å². The molecule has 280 valence electrons. The molecule has 5 unspecified atom stereocenters. The Morgan fingerprint density at radius 2 is 1.79 bits per heavy atom. The maximum absolute atomic E-state index is 14.4. The van der Waals surface area contributed by atoms with Gasteiger partial charge < -0.3 is 20.4 Å². The molecule has 1 fully saturated rings. The first kappa shape index (κ1) is 38.5. The van der Waals surface area contributed by atoms with Gasteiger partial charge in [-0.05, 0) is 124 Å². The lowest BCUT2D eigenvalue weighted by Gasteiger charge is -2.46. The molecule has 3 aliphatic rings. The van der Waals surface area contributed by atoms with E-state index in [0.717, 1.165) is 39.3 Å². The quantitative estimate of drug-likeness (QED) is 0.118. The zero-order chi connectivity index (χ0) is 37.8. The van der Waals surface area contributed by atoms with Crippen molar-refractivity contribution in [1.29, 1.82) is 0 Å². The summed E-state index contributed by atoms with van der Waals surface area (Å²) in [7, 11) is 0. The third-order valence-electron chi connectivity index (χ3n) is 11.7. The predicted octanol–water partition coefficient (Wildman–Crippen LogP) is 9.31. The van der Waals surface area contributed by atoms with Gasteiger partial charge in [-0.15, -0.1) is 11.3 Å². The first-order valence-corrected chi connectivity index (χ1v) is 19.6. The highest BCUT2D eigenvalue weighted by atomic mass is 32.1. The SMILES string of the molecule is CC1=CCCC2(C)C(CCC2(O)CN(CCc2cccs2)C(=O)NC(C)c2ccccc2)c2ccc(cc2C(=O)c2ccc(F)c(F)c2)CC(O)CC1. The Balaban J connectivity index is 1.39. The van der Waals surface area contributed by atoms with Gasteiger partial charge in [-0.3, -0.25) is 4.79 Å². The van der Waals surface area contributed by atoms with Crippen molar-refractivity contribution in [3.63, 3.8) is 0 Å². The van der Waals surface area contributed by atoms with Crippen LogP contribution in [0.4, 0.5) is 13.6 Å². The molecule has 1 aromatic heterocycles. The molecule has 1 heterocycles. The van der Waals surface area contributed by atoms with Crippen LogP contribution in [0.25, 0.3) is 0 Å². The van der Waals surface area contributed by atoms with E-state index in [-0.39, 0.29) is 30.1 Å². The first-order valence-electron chi connectivity index (χ1n) is 18.7. The lowest BCUT2D eigenvalue weighted by atomic mass is 9.64. The Labute approximate surface area is 315 Å². The minimum absolute atomic E-state index is 0.0291. The number of ketones is 1. The zero-order valence-electron chi connectivity index (χ0n) is 30.8. The second-order valence-electron chi connectivity index (χ2n) is 15.2. The lowest BCUT2D eigenvalue weighted by Crippen LogP contribution is -2.56. The zero-order valence-corrected chi connectivity index (χ0v) is 31.6. The minimum atomic E-state index is -1.32. The van der Waals surface area contributed by atoms with Crippen molar-refractivity contribution in [3.8, 4) is 0 Å². The van der Waals surface area contributed by atoms with E-state index in [1.54, 1.807) is 22.3 Å². The molecule has 2 bridgehead atoms. The van der Waals surface area contributed by atoms with Crippen LogP contribution in [0.2, 0.25) is 0 Å². The molecule has 9 heteroatoms. The molecule has 5 atom stereocenters. The number of allylic oxidation sites excluding steroid dienone is 2. The number of amides is 2. The number of hydrogen-bond acceptors (Lipinski definition) is 5. The number of carbonyl (C=O) groups excluding carboxylic acids is 2. The van der Waals surface area contributed by atoms with E-state index in [9.17, 15) is 28.6 Å². The molecule has 0 radical (unpaired) electrons. The fraction of sp³-hybridized carbons (Fsp3) is 0.409. The van der Waals surface area contributed by atoms with Crippen LogP contribution >= 0.6 is 11.3 Å². The van der Waals surface area contributed by atoms with Gasteiger partial charge in [0.25, 0.3) is 0 Å². The van der Waals surface area contributed by atoms with Gasteiger partial charge in [0.15, 0.2) is 17.4 Å². The van der Waals surface area contributed by atoms with E-state index in [1.165, 1.54) is 6.07 Å². The molecular formula is C44H50F2N2O4S. The molecule has 4 aromatic rings. The number of benzene rings is 3. The number of aliphatic hydroxyl groups excluding tert-OH is 1. The molecule has 53 heavy (non-hydrogen) atoms. The van der Waals surface area contributed by atoms with Crippen LogP contribution in [0.15, 0.2) is 95.9 Å². The van der Waals surface area contributed by atoms with Crippen LogP contribution in [-0.2, 0) is 12.8 Å². The normalized spacial score (nSPS) is 23.8. The largest absolute Gasteiger partial charge is 0.393 e. The molecule has 0 aliphatic heterocycles. The van der Waals surface area contributed by atoms with Crippen molar-refractivity contribution in [2.75, 3.05) is 13.1 Å². The summed E-state index contributed by atoms with van der Waals surface area (Å²) in [5.74, 6) is -2.87. The molecule has 3 aliphatic carbocycles. The van der Waals surface area contributed by atoms with Gasteiger partial charge in [0.05, 0.1) is 24.3 Å². The van der Waals surface area contributed by atoms with Crippen LogP contribution in [0.5, 0.6) is 0 Å². The van der Waals surface area contributed by atoms with E-state index < -0.39 is 34.5 Å². The summed E-state index contributed by atoms with van der Waals surface area (Å²) in [6.45, 7) is 6.60. The summed E-state index contributed by atoms with van der Waals surface area (Å²) in [4.78, 5) is 31.3. The summed E-state index contributed by atoms with van der Waals surface area (Å²) >= 11 is 1.64. The number of urea groups is 1. The first-order chi connectivity index (χ1) is 25.4. The van der Waals surface area contributed by atoms with Crippen LogP contribution in [0, 0.1) is 17.0 Å². The van der Waals surface area contributed by atoms with E-state index in [0.29, 0.717) is 63.5 Å². The summed E-state index contributed by atoms with van der Waals surface area (Å²) in [5.41, 5.74) is 1.91. The molecule has 2 amide bonds. The number of fused-ring (bicyclic) bond motifs is 8. The summed E-state index contributed by atoms with van der Waals surface area (Å²) < 4.78 is 28.4. The highest BCUT2D eigenvalue weighted by molar-refractivity contribution is 7.09. The maximum Gasteiger partial charge on any atom is 0.317 e. The Morgan fingerprint density at radius 3 is 2.53 bits per heavy atom. The topological polar surface area (TPSA) is 89.9 Å². The minimum Gasteiger partial charge on any atom is -0.393 e. The standard InChI is InChI=1S/C44H50F2N2O4S/c1-29-9-7-21-43(3)38(36-17-14-31(25-34(49)16-13-29)26-37(36)41(50)33-15-18-39(45)40(46)27-33)19-22-44(43,52)28-48(23-20-35-12-8-24-53-35)42(51)47-30(2)32-10-5-4-6-11-32/h4-6,8-12,14-15,17-18,24,26-27,30,34,38,49,52H,7,13,16,19-23,25,28H2,1-3H3,(H,47,51).